The van der Waals surface area contributed by atoms with E-state index in [1.807, 2.05) is 0 Å². The van der Waals surface area contributed by atoms with E-state index in [2.05, 4.69) is 10.6 Å². The number of sulfonamides is 1. The zero-order valence-corrected chi connectivity index (χ0v) is 22.0. The average molecular weight is 550 g/mol. The van der Waals surface area contributed by atoms with Crippen molar-refractivity contribution in [3.8, 4) is 5.75 Å². The number of morpholine rings is 1. The highest BCUT2D eigenvalue weighted by Crippen LogP contribution is 2.32. The molecule has 0 aliphatic carbocycles. The van der Waals surface area contributed by atoms with Gasteiger partial charge in [-0.05, 0) is 48.5 Å². The Labute approximate surface area is 225 Å². The summed E-state index contributed by atoms with van der Waals surface area (Å²) in [6, 6.07) is 19.9. The van der Waals surface area contributed by atoms with E-state index in [0.717, 1.165) is 0 Å². The summed E-state index contributed by atoms with van der Waals surface area (Å²) in [4.78, 5) is 26.3. The van der Waals surface area contributed by atoms with Gasteiger partial charge in [-0.3, -0.25) is 9.59 Å². The van der Waals surface area contributed by atoms with Gasteiger partial charge in [0.1, 0.15) is 11.3 Å². The van der Waals surface area contributed by atoms with Gasteiger partial charge in [0.25, 0.3) is 5.91 Å². The fourth-order valence-corrected chi connectivity index (χ4v) is 5.73. The third kappa shape index (κ3) is 5.65. The molecule has 4 aromatic rings. The molecule has 0 bridgehead atoms. The lowest BCUT2D eigenvalue weighted by Crippen LogP contribution is -2.40. The Kier molecular flexibility index (Phi) is 7.64. The van der Waals surface area contributed by atoms with Crippen LogP contribution in [-0.4, -0.2) is 64.4 Å². The van der Waals surface area contributed by atoms with Crippen molar-refractivity contribution in [2.75, 3.05) is 50.6 Å². The molecule has 0 spiro atoms. The number of ketones is 1. The first-order valence-electron chi connectivity index (χ1n) is 12.3. The van der Waals surface area contributed by atoms with Crippen LogP contribution in [0, 0.1) is 0 Å². The maximum absolute atomic E-state index is 13.1. The van der Waals surface area contributed by atoms with Gasteiger partial charge in [0.05, 0.1) is 37.5 Å². The third-order valence-corrected chi connectivity index (χ3v) is 8.23. The lowest BCUT2D eigenvalue weighted by atomic mass is 10.1. The predicted octanol–water partition coefficient (Wildman–Crippen LogP) is 4.01. The maximum Gasteiger partial charge on any atom is 0.293 e. The minimum absolute atomic E-state index is 0.0171. The second-order valence-corrected chi connectivity index (χ2v) is 10.7. The van der Waals surface area contributed by atoms with Gasteiger partial charge >= 0.3 is 0 Å². The molecular weight excluding hydrogens is 522 g/mol. The van der Waals surface area contributed by atoms with Gasteiger partial charge in [-0.15, -0.1) is 0 Å². The number of hydrogen-bond donors (Lipinski definition) is 2. The number of hydrogen-bond acceptors (Lipinski definition) is 8. The predicted molar refractivity (Wildman–Crippen MR) is 146 cm³/mol. The van der Waals surface area contributed by atoms with Crippen LogP contribution in [-0.2, 0) is 14.8 Å². The normalized spacial score (nSPS) is 14.2. The summed E-state index contributed by atoms with van der Waals surface area (Å²) in [5, 5.41) is 6.47. The van der Waals surface area contributed by atoms with E-state index >= 15 is 0 Å². The van der Waals surface area contributed by atoms with Crippen LogP contribution in [0.2, 0.25) is 0 Å². The first-order valence-corrected chi connectivity index (χ1v) is 13.7. The van der Waals surface area contributed by atoms with Crippen molar-refractivity contribution >= 4 is 44.1 Å². The van der Waals surface area contributed by atoms with Crippen molar-refractivity contribution in [2.24, 2.45) is 0 Å². The van der Waals surface area contributed by atoms with E-state index < -0.39 is 15.9 Å². The quantitative estimate of drug-likeness (QED) is 0.300. The number of nitrogens with zero attached hydrogens (tertiary/aromatic N) is 1. The van der Waals surface area contributed by atoms with Gasteiger partial charge < -0.3 is 24.5 Å². The molecule has 1 aliphatic rings. The zero-order valence-electron chi connectivity index (χ0n) is 21.2. The largest absolute Gasteiger partial charge is 0.497 e. The number of rotatable bonds is 9. The molecule has 2 heterocycles. The third-order valence-electron chi connectivity index (χ3n) is 6.34. The molecule has 202 valence electrons. The monoisotopic (exact) mass is 549 g/mol. The van der Waals surface area contributed by atoms with E-state index in [1.165, 1.54) is 16.4 Å². The molecule has 1 saturated heterocycles. The van der Waals surface area contributed by atoms with Gasteiger partial charge in [-0.1, -0.05) is 24.3 Å². The van der Waals surface area contributed by atoms with Crippen molar-refractivity contribution < 1.29 is 31.9 Å². The van der Waals surface area contributed by atoms with E-state index in [-0.39, 0.29) is 41.6 Å². The summed E-state index contributed by atoms with van der Waals surface area (Å²) in [7, 11) is -2.20. The van der Waals surface area contributed by atoms with Gasteiger partial charge in [0.15, 0.2) is 5.78 Å². The molecular formula is C28H27N3O7S. The first kappa shape index (κ1) is 26.4. The molecule has 10 nitrogen and oxygen atoms in total. The summed E-state index contributed by atoms with van der Waals surface area (Å²) in [6.45, 7) is 0.991. The van der Waals surface area contributed by atoms with Crippen molar-refractivity contribution in [1.29, 1.82) is 0 Å². The highest BCUT2D eigenvalue weighted by molar-refractivity contribution is 7.89. The molecule has 0 unspecified atom stereocenters. The van der Waals surface area contributed by atoms with Crippen LogP contribution in [0.3, 0.4) is 0 Å². The summed E-state index contributed by atoms with van der Waals surface area (Å²) in [5.74, 6) is -0.173. The van der Waals surface area contributed by atoms with Crippen molar-refractivity contribution in [3.05, 3.63) is 84.1 Å². The Bertz CT molecular complexity index is 1610. The molecule has 2 N–H and O–H groups in total. The number of anilines is 2. The minimum atomic E-state index is -3.75. The first-order chi connectivity index (χ1) is 18.9. The van der Waals surface area contributed by atoms with Gasteiger partial charge in [-0.2, -0.15) is 4.31 Å². The topological polar surface area (TPSA) is 127 Å². The van der Waals surface area contributed by atoms with Crippen LogP contribution in [0.25, 0.3) is 11.0 Å². The summed E-state index contributed by atoms with van der Waals surface area (Å²) in [6.07, 6.45) is 0. The highest BCUT2D eigenvalue weighted by atomic mass is 32.2. The van der Waals surface area contributed by atoms with E-state index in [1.54, 1.807) is 67.8 Å². The average Bonchev–Trinajstić information content (AvgIpc) is 3.35. The van der Waals surface area contributed by atoms with Gasteiger partial charge in [0, 0.05) is 29.7 Å². The molecule has 5 rings (SSSR count). The standard InChI is InChI=1S/C28H27N3O7S/c1-36-21-11-9-20(10-12-21)30-28(33)27-26(23-7-2-3-8-25(23)38-27)29-18-24(32)19-5-4-6-22(17-19)39(34,35)31-13-15-37-16-14-31/h2-12,17,29H,13-16,18H2,1H3,(H,30,33). The number of Topliss-reactive ketones (excluding diaryl/α,β-unsaturated/α-hetero) is 1. The number of para-hydroxylation sites is 1. The number of ether oxygens (including phenoxy) is 2. The number of carbonyl (C=O) groups is 2. The summed E-state index contributed by atoms with van der Waals surface area (Å²) >= 11 is 0. The van der Waals surface area contributed by atoms with Crippen molar-refractivity contribution in [3.63, 3.8) is 0 Å². The van der Waals surface area contributed by atoms with E-state index in [4.69, 9.17) is 13.9 Å². The number of methoxy groups -OCH3 is 1. The van der Waals surface area contributed by atoms with Crippen LogP contribution < -0.4 is 15.4 Å². The molecule has 1 aliphatic heterocycles. The highest BCUT2D eigenvalue weighted by Gasteiger charge is 2.27. The lowest BCUT2D eigenvalue weighted by molar-refractivity contribution is 0.0730. The molecule has 1 aromatic heterocycles. The maximum atomic E-state index is 13.1. The van der Waals surface area contributed by atoms with Gasteiger partial charge in [0.2, 0.25) is 15.8 Å². The second kappa shape index (κ2) is 11.3. The fraction of sp³-hybridized carbons (Fsp3) is 0.214. The van der Waals surface area contributed by atoms with Crippen LogP contribution in [0.1, 0.15) is 20.9 Å². The van der Waals surface area contributed by atoms with Gasteiger partial charge in [-0.25, -0.2) is 8.42 Å². The molecule has 1 fully saturated rings. The Morgan fingerprint density at radius 1 is 0.974 bits per heavy atom. The number of nitrogens with one attached hydrogen (secondary N) is 2. The zero-order chi connectivity index (χ0) is 27.4. The number of benzene rings is 3. The van der Waals surface area contributed by atoms with Crippen molar-refractivity contribution in [1.82, 2.24) is 4.31 Å². The Morgan fingerprint density at radius 2 is 1.72 bits per heavy atom. The van der Waals surface area contributed by atoms with Crippen molar-refractivity contribution in [2.45, 2.75) is 4.90 Å². The molecule has 11 heteroatoms. The van der Waals surface area contributed by atoms with Crippen LogP contribution in [0.15, 0.2) is 82.1 Å². The van der Waals surface area contributed by atoms with Crippen LogP contribution in [0.5, 0.6) is 5.75 Å². The van der Waals surface area contributed by atoms with E-state index in [9.17, 15) is 18.0 Å². The summed E-state index contributed by atoms with van der Waals surface area (Å²) < 4.78 is 43.7. The smallest absolute Gasteiger partial charge is 0.293 e. The molecule has 0 saturated carbocycles. The molecule has 3 aromatic carbocycles. The van der Waals surface area contributed by atoms with Crippen LogP contribution >= 0.6 is 0 Å². The van der Waals surface area contributed by atoms with Crippen LogP contribution in [0.4, 0.5) is 11.4 Å². The number of fused-ring (bicyclic) bond motifs is 1. The second-order valence-electron chi connectivity index (χ2n) is 8.81. The Morgan fingerprint density at radius 3 is 2.46 bits per heavy atom. The summed E-state index contributed by atoms with van der Waals surface area (Å²) in [5.41, 5.74) is 1.61. The molecule has 0 atom stereocenters. The fourth-order valence-electron chi connectivity index (χ4n) is 4.28. The number of amides is 1. The minimum Gasteiger partial charge on any atom is -0.497 e. The molecule has 39 heavy (non-hydrogen) atoms. The number of carbonyl (C=O) groups excluding carboxylic acids is 2. The lowest BCUT2D eigenvalue weighted by Gasteiger charge is -2.26. The SMILES string of the molecule is COc1ccc(NC(=O)c2oc3ccccc3c2NCC(=O)c2cccc(S(=O)(=O)N3CCOCC3)c2)cc1. The van der Waals surface area contributed by atoms with E-state index in [0.29, 0.717) is 41.3 Å². The molecule has 0 radical (unpaired) electrons. The Balaban J connectivity index is 1.36. The molecule has 1 amide bonds. The number of furan rings is 1. The Hall–Kier alpha value is -4.19.